The molecule has 1 aromatic heterocycles. The van der Waals surface area contributed by atoms with Crippen molar-refractivity contribution in [2.75, 3.05) is 7.11 Å². The Hall–Kier alpha value is -3.28. The number of aromatic nitrogens is 2. The minimum atomic E-state index is 0.0887. The van der Waals surface area contributed by atoms with E-state index in [2.05, 4.69) is 13.8 Å². The van der Waals surface area contributed by atoms with E-state index in [1.807, 2.05) is 66.5 Å². The first kappa shape index (κ1) is 21.0. The highest BCUT2D eigenvalue weighted by Gasteiger charge is 2.35. The predicted molar refractivity (Wildman–Crippen MR) is 120 cm³/mol. The Balaban J connectivity index is 1.74. The third kappa shape index (κ3) is 4.58. The summed E-state index contributed by atoms with van der Waals surface area (Å²) in [6.07, 6.45) is 1.96. The molecule has 6 heteroatoms. The second-order valence-corrected chi connectivity index (χ2v) is 8.23. The highest BCUT2D eigenvalue weighted by Crippen LogP contribution is 2.37. The Labute approximate surface area is 183 Å². The van der Waals surface area contributed by atoms with Gasteiger partial charge in [-0.25, -0.2) is 4.68 Å². The lowest BCUT2D eigenvalue weighted by atomic mass is 10.1. The van der Waals surface area contributed by atoms with Crippen LogP contribution in [0, 0.1) is 5.92 Å². The zero-order valence-electron chi connectivity index (χ0n) is 18.5. The van der Waals surface area contributed by atoms with Gasteiger partial charge < -0.3 is 14.4 Å². The van der Waals surface area contributed by atoms with Crippen molar-refractivity contribution < 1.29 is 14.3 Å². The van der Waals surface area contributed by atoms with E-state index >= 15 is 0 Å². The van der Waals surface area contributed by atoms with Gasteiger partial charge in [0.2, 0.25) is 11.8 Å². The molecule has 0 N–H and O–H groups in total. The zero-order chi connectivity index (χ0) is 22.0. The minimum Gasteiger partial charge on any atom is -0.497 e. The quantitative estimate of drug-likeness (QED) is 0.514. The first-order valence-corrected chi connectivity index (χ1v) is 10.7. The first-order valence-electron chi connectivity index (χ1n) is 10.7. The lowest BCUT2D eigenvalue weighted by molar-refractivity contribution is -0.134. The Bertz CT molecular complexity index is 1040. The van der Waals surface area contributed by atoms with Crippen molar-refractivity contribution >= 4 is 5.91 Å². The molecule has 1 amide bonds. The fourth-order valence-corrected chi connectivity index (χ4v) is 3.66. The van der Waals surface area contributed by atoms with Gasteiger partial charge >= 0.3 is 0 Å². The zero-order valence-corrected chi connectivity index (χ0v) is 18.5. The van der Waals surface area contributed by atoms with E-state index < -0.39 is 0 Å². The summed E-state index contributed by atoms with van der Waals surface area (Å²) in [5.74, 6) is 2.47. The molecule has 0 atom stereocenters. The highest BCUT2D eigenvalue weighted by molar-refractivity contribution is 5.81. The van der Waals surface area contributed by atoms with Crippen molar-refractivity contribution in [3.63, 3.8) is 0 Å². The first-order chi connectivity index (χ1) is 15.0. The molecule has 1 fully saturated rings. The number of amides is 1. The van der Waals surface area contributed by atoms with E-state index in [-0.39, 0.29) is 17.9 Å². The van der Waals surface area contributed by atoms with Crippen LogP contribution in [0.2, 0.25) is 0 Å². The van der Waals surface area contributed by atoms with Crippen molar-refractivity contribution in [3.05, 3.63) is 60.2 Å². The van der Waals surface area contributed by atoms with E-state index in [4.69, 9.17) is 14.6 Å². The van der Waals surface area contributed by atoms with Crippen LogP contribution in [0.1, 0.15) is 32.3 Å². The summed E-state index contributed by atoms with van der Waals surface area (Å²) < 4.78 is 13.3. The summed E-state index contributed by atoms with van der Waals surface area (Å²) >= 11 is 0. The molecular weight excluding hydrogens is 390 g/mol. The van der Waals surface area contributed by atoms with Crippen molar-refractivity contribution in [1.82, 2.24) is 14.7 Å². The van der Waals surface area contributed by atoms with Crippen LogP contribution < -0.4 is 9.47 Å². The number of carbonyl (C=O) groups is 1. The number of aryl methyl sites for hydroxylation is 1. The van der Waals surface area contributed by atoms with Crippen LogP contribution in [-0.2, 0) is 18.4 Å². The van der Waals surface area contributed by atoms with Crippen LogP contribution in [0.4, 0.5) is 0 Å². The fourth-order valence-electron chi connectivity index (χ4n) is 3.66. The Kier molecular flexibility index (Phi) is 5.98. The van der Waals surface area contributed by atoms with Gasteiger partial charge in [0.05, 0.1) is 19.2 Å². The Morgan fingerprint density at radius 2 is 1.74 bits per heavy atom. The molecule has 0 radical (unpaired) electrons. The second-order valence-electron chi connectivity index (χ2n) is 8.23. The third-order valence-electron chi connectivity index (χ3n) is 5.57. The lowest BCUT2D eigenvalue weighted by Gasteiger charge is -2.27. The van der Waals surface area contributed by atoms with Crippen LogP contribution in [0.25, 0.3) is 11.3 Å². The number of hydrogen-bond acceptors (Lipinski definition) is 4. The van der Waals surface area contributed by atoms with Crippen LogP contribution in [-0.4, -0.2) is 33.7 Å². The predicted octanol–water partition coefficient (Wildman–Crippen LogP) is 5.04. The molecule has 1 saturated carbocycles. The molecule has 0 saturated heterocycles. The molecule has 162 valence electrons. The summed E-state index contributed by atoms with van der Waals surface area (Å²) in [6.45, 7) is 4.57. The van der Waals surface area contributed by atoms with E-state index in [0.29, 0.717) is 18.2 Å². The molecule has 1 aliphatic rings. The Morgan fingerprint density at radius 3 is 2.32 bits per heavy atom. The Morgan fingerprint density at radius 1 is 1.10 bits per heavy atom. The molecule has 0 spiro atoms. The number of hydrogen-bond donors (Lipinski definition) is 0. The highest BCUT2D eigenvalue weighted by atomic mass is 16.5. The SMILES string of the molecule is COc1ccc(Oc2c(CN(C(=O)C3CC3)C(C)C)c(-c3ccccc3)nn2C)cc1. The van der Waals surface area contributed by atoms with E-state index in [1.165, 1.54) is 0 Å². The van der Waals surface area contributed by atoms with Gasteiger partial charge in [0.25, 0.3) is 0 Å². The monoisotopic (exact) mass is 419 g/mol. The molecule has 3 aromatic rings. The standard InChI is InChI=1S/C25H29N3O3/c1-17(2)28(24(29)19-10-11-19)16-22-23(18-8-6-5-7-9-18)26-27(3)25(22)31-21-14-12-20(30-4)13-15-21/h5-9,12-15,17,19H,10-11,16H2,1-4H3. The average molecular weight is 420 g/mol. The number of nitrogens with zero attached hydrogens (tertiary/aromatic N) is 3. The van der Waals surface area contributed by atoms with Crippen LogP contribution in [0.15, 0.2) is 54.6 Å². The molecule has 31 heavy (non-hydrogen) atoms. The summed E-state index contributed by atoms with van der Waals surface area (Å²) in [4.78, 5) is 14.9. The van der Waals surface area contributed by atoms with Gasteiger partial charge in [-0.15, -0.1) is 0 Å². The molecule has 2 aromatic carbocycles. The van der Waals surface area contributed by atoms with Gasteiger partial charge in [0.15, 0.2) is 0 Å². The molecule has 0 aliphatic heterocycles. The number of methoxy groups -OCH3 is 1. The lowest BCUT2D eigenvalue weighted by Crippen LogP contribution is -2.37. The van der Waals surface area contributed by atoms with Crippen molar-refractivity contribution in [3.8, 4) is 28.6 Å². The molecule has 1 heterocycles. The smallest absolute Gasteiger partial charge is 0.226 e. The molecule has 1 aliphatic carbocycles. The number of rotatable bonds is 8. The van der Waals surface area contributed by atoms with Gasteiger partial charge in [-0.05, 0) is 51.0 Å². The topological polar surface area (TPSA) is 56.6 Å². The van der Waals surface area contributed by atoms with Crippen LogP contribution in [0.5, 0.6) is 17.4 Å². The maximum atomic E-state index is 13.0. The summed E-state index contributed by atoms with van der Waals surface area (Å²) in [7, 11) is 3.51. The summed E-state index contributed by atoms with van der Waals surface area (Å²) in [6, 6.07) is 17.6. The minimum absolute atomic E-state index is 0.0887. The van der Waals surface area contributed by atoms with E-state index in [9.17, 15) is 4.79 Å². The van der Waals surface area contributed by atoms with Gasteiger partial charge in [-0.1, -0.05) is 30.3 Å². The van der Waals surface area contributed by atoms with Crippen molar-refractivity contribution in [2.45, 2.75) is 39.3 Å². The van der Waals surface area contributed by atoms with E-state index in [0.717, 1.165) is 35.4 Å². The number of carbonyl (C=O) groups excluding carboxylic acids is 1. The van der Waals surface area contributed by atoms with Crippen LogP contribution >= 0.6 is 0 Å². The summed E-state index contributed by atoms with van der Waals surface area (Å²) in [5, 5.41) is 4.77. The maximum absolute atomic E-state index is 13.0. The van der Waals surface area contributed by atoms with Crippen molar-refractivity contribution in [2.24, 2.45) is 13.0 Å². The van der Waals surface area contributed by atoms with Gasteiger partial charge in [0, 0.05) is 24.6 Å². The largest absolute Gasteiger partial charge is 0.497 e. The van der Waals surface area contributed by atoms with Crippen molar-refractivity contribution in [1.29, 1.82) is 0 Å². The fraction of sp³-hybridized carbons (Fsp3) is 0.360. The molecule has 0 bridgehead atoms. The van der Waals surface area contributed by atoms with Gasteiger partial charge in [-0.2, -0.15) is 5.10 Å². The number of ether oxygens (including phenoxy) is 2. The molecular formula is C25H29N3O3. The molecule has 0 unspecified atom stereocenters. The number of benzene rings is 2. The van der Waals surface area contributed by atoms with E-state index in [1.54, 1.807) is 11.8 Å². The second kappa shape index (κ2) is 8.84. The van der Waals surface area contributed by atoms with Gasteiger partial charge in [-0.3, -0.25) is 4.79 Å². The third-order valence-corrected chi connectivity index (χ3v) is 5.57. The maximum Gasteiger partial charge on any atom is 0.226 e. The molecule has 4 rings (SSSR count). The normalized spacial score (nSPS) is 13.3. The molecule has 6 nitrogen and oxygen atoms in total. The average Bonchev–Trinajstić information content (AvgIpc) is 3.59. The van der Waals surface area contributed by atoms with Gasteiger partial charge in [0.1, 0.15) is 17.2 Å². The van der Waals surface area contributed by atoms with Crippen LogP contribution in [0.3, 0.4) is 0 Å². The summed E-state index contributed by atoms with van der Waals surface area (Å²) in [5.41, 5.74) is 2.74.